The van der Waals surface area contributed by atoms with Crippen LogP contribution in [0.5, 0.6) is 0 Å². The zero-order valence-corrected chi connectivity index (χ0v) is 16.4. The van der Waals surface area contributed by atoms with Crippen LogP contribution in [0.15, 0.2) is 48.2 Å². The summed E-state index contributed by atoms with van der Waals surface area (Å²) in [5, 5.41) is 10.7. The van der Waals surface area contributed by atoms with Gasteiger partial charge >= 0.3 is 5.97 Å². The van der Waals surface area contributed by atoms with Crippen LogP contribution in [0.2, 0.25) is 0 Å². The van der Waals surface area contributed by atoms with E-state index in [1.54, 1.807) is 24.5 Å². The van der Waals surface area contributed by atoms with Crippen LogP contribution in [0.4, 0.5) is 0 Å². The maximum atomic E-state index is 11.7. The molecule has 140 valence electrons. The summed E-state index contributed by atoms with van der Waals surface area (Å²) in [5.41, 5.74) is 9.74. The monoisotopic (exact) mass is 409 g/mol. The van der Waals surface area contributed by atoms with Crippen LogP contribution >= 0.6 is 22.7 Å². The molecule has 0 atom stereocenters. The second-order valence-corrected chi connectivity index (χ2v) is 7.73. The average molecular weight is 409 g/mol. The zero-order chi connectivity index (χ0) is 19.7. The first kappa shape index (κ1) is 18.1. The van der Waals surface area contributed by atoms with Gasteiger partial charge in [-0.2, -0.15) is 0 Å². The van der Waals surface area contributed by atoms with Crippen molar-refractivity contribution in [3.05, 3.63) is 63.6 Å². The molecule has 28 heavy (non-hydrogen) atoms. The predicted molar refractivity (Wildman–Crippen MR) is 112 cm³/mol. The lowest BCUT2D eigenvalue weighted by Crippen LogP contribution is -2.02. The number of nitrogens with two attached hydrogens (primary N) is 1. The third-order valence-electron chi connectivity index (χ3n) is 4.16. The second kappa shape index (κ2) is 7.37. The predicted octanol–water partition coefficient (Wildman–Crippen LogP) is 3.78. The molecule has 4 aromatic heterocycles. The van der Waals surface area contributed by atoms with E-state index in [4.69, 9.17) is 15.9 Å². The molecule has 0 aliphatic carbocycles. The van der Waals surface area contributed by atoms with Crippen LogP contribution in [-0.2, 0) is 4.74 Å². The lowest BCUT2D eigenvalue weighted by molar-refractivity contribution is 0.0606. The van der Waals surface area contributed by atoms with E-state index in [-0.39, 0.29) is 0 Å². The first-order chi connectivity index (χ1) is 13.6. The number of pyridine rings is 1. The van der Waals surface area contributed by atoms with Crippen molar-refractivity contribution in [2.24, 2.45) is 5.73 Å². The van der Waals surface area contributed by atoms with Gasteiger partial charge in [0.05, 0.1) is 23.9 Å². The molecule has 0 unspecified atom stereocenters. The summed E-state index contributed by atoms with van der Waals surface area (Å²) in [6.45, 7) is 0. The van der Waals surface area contributed by atoms with E-state index in [1.807, 2.05) is 28.1 Å². The molecule has 0 fully saturated rings. The number of nitrogens with zero attached hydrogens (tertiary/aromatic N) is 3. The molecule has 9 heteroatoms. The fourth-order valence-corrected chi connectivity index (χ4v) is 4.33. The van der Waals surface area contributed by atoms with Gasteiger partial charge in [0.2, 0.25) is 0 Å². The first-order valence-corrected chi connectivity index (χ1v) is 9.88. The molecule has 0 aliphatic heterocycles. The Kier molecular flexibility index (Phi) is 4.76. The summed E-state index contributed by atoms with van der Waals surface area (Å²) >= 11 is 2.76. The van der Waals surface area contributed by atoms with Crippen molar-refractivity contribution in [3.63, 3.8) is 0 Å². The number of rotatable bonds is 5. The summed E-state index contributed by atoms with van der Waals surface area (Å²) in [6.07, 6.45) is 6.63. The zero-order valence-electron chi connectivity index (χ0n) is 14.7. The molecular formula is C19H15N5O2S2. The molecule has 0 bridgehead atoms. The van der Waals surface area contributed by atoms with Crippen LogP contribution < -0.4 is 5.73 Å². The van der Waals surface area contributed by atoms with Gasteiger partial charge in [0.25, 0.3) is 0 Å². The number of aromatic nitrogens is 3. The van der Waals surface area contributed by atoms with Gasteiger partial charge in [-0.25, -0.2) is 14.8 Å². The van der Waals surface area contributed by atoms with E-state index in [1.165, 1.54) is 36.0 Å². The van der Waals surface area contributed by atoms with Gasteiger partial charge in [0.15, 0.2) is 0 Å². The number of hydrogen-bond acceptors (Lipinski definition) is 8. The van der Waals surface area contributed by atoms with Crippen LogP contribution in [-0.4, -0.2) is 33.7 Å². The van der Waals surface area contributed by atoms with E-state index in [0.29, 0.717) is 21.0 Å². The lowest BCUT2D eigenvalue weighted by atomic mass is 10.1. The maximum Gasteiger partial charge on any atom is 0.348 e. The number of nitrogens with one attached hydrogen (secondary N) is 1. The Morgan fingerprint density at radius 2 is 2.07 bits per heavy atom. The van der Waals surface area contributed by atoms with Crippen molar-refractivity contribution < 1.29 is 9.53 Å². The number of fused-ring (bicyclic) bond motifs is 1. The van der Waals surface area contributed by atoms with Crippen molar-refractivity contribution in [2.75, 3.05) is 7.11 Å². The number of esters is 1. The number of thiophene rings is 1. The molecular weight excluding hydrogens is 394 g/mol. The molecule has 4 rings (SSSR count). The highest BCUT2D eigenvalue weighted by Gasteiger charge is 2.15. The number of imidazole rings is 1. The number of carbonyl (C=O) groups is 1. The van der Waals surface area contributed by atoms with Gasteiger partial charge in [0.1, 0.15) is 21.2 Å². The Morgan fingerprint density at radius 3 is 2.79 bits per heavy atom. The molecule has 0 saturated carbocycles. The van der Waals surface area contributed by atoms with Gasteiger partial charge in [-0.3, -0.25) is 4.40 Å². The molecule has 0 aromatic carbocycles. The molecule has 0 amide bonds. The number of carbonyl (C=O) groups excluding carboxylic acids is 1. The smallest absolute Gasteiger partial charge is 0.348 e. The summed E-state index contributed by atoms with van der Waals surface area (Å²) in [7, 11) is 1.34. The number of ether oxygens (including phenoxy) is 1. The second-order valence-electron chi connectivity index (χ2n) is 5.75. The summed E-state index contributed by atoms with van der Waals surface area (Å²) in [4.78, 5) is 21.6. The van der Waals surface area contributed by atoms with Gasteiger partial charge in [-0.15, -0.1) is 22.7 Å². The van der Waals surface area contributed by atoms with Crippen molar-refractivity contribution in [1.29, 1.82) is 5.41 Å². The van der Waals surface area contributed by atoms with Crippen molar-refractivity contribution >= 4 is 51.8 Å². The molecule has 0 aliphatic rings. The highest BCUT2D eigenvalue weighted by molar-refractivity contribution is 7.15. The Hall–Kier alpha value is -3.30. The molecule has 7 nitrogen and oxygen atoms in total. The summed E-state index contributed by atoms with van der Waals surface area (Å²) in [5.74, 6) is -0.409. The summed E-state index contributed by atoms with van der Waals surface area (Å²) in [6, 6.07) is 7.17. The number of thiazole rings is 1. The third-order valence-corrected chi connectivity index (χ3v) is 6.05. The number of hydrogen-bond donors (Lipinski definition) is 2. The van der Waals surface area contributed by atoms with Gasteiger partial charge < -0.3 is 15.9 Å². The molecule has 0 radical (unpaired) electrons. The molecule has 3 N–H and O–H groups in total. The van der Waals surface area contributed by atoms with E-state index >= 15 is 0 Å². The Bertz CT molecular complexity index is 1200. The highest BCUT2D eigenvalue weighted by atomic mass is 32.1. The minimum absolute atomic E-state index is 0.409. The molecule has 4 aromatic rings. The van der Waals surface area contributed by atoms with E-state index < -0.39 is 5.97 Å². The van der Waals surface area contributed by atoms with Gasteiger partial charge in [0, 0.05) is 35.1 Å². The van der Waals surface area contributed by atoms with Crippen molar-refractivity contribution in [2.45, 2.75) is 0 Å². The topological polar surface area (TPSA) is 106 Å². The van der Waals surface area contributed by atoms with Crippen molar-refractivity contribution in [1.82, 2.24) is 14.4 Å². The lowest BCUT2D eigenvalue weighted by Gasteiger charge is -2.08. The average Bonchev–Trinajstić information content (AvgIpc) is 3.47. The van der Waals surface area contributed by atoms with Crippen molar-refractivity contribution in [3.8, 4) is 10.7 Å². The van der Waals surface area contributed by atoms with Gasteiger partial charge in [-0.1, -0.05) is 0 Å². The Morgan fingerprint density at radius 1 is 1.25 bits per heavy atom. The Labute approximate surface area is 168 Å². The standard InChI is InChI=1S/C19H15N5O2S2/c1-26-19(25)15-4-3-14(28-15)17(21)12(8-20)11-2-5-16-23-9-13(24(16)10-11)18-22-6-7-27-18/h2-10,20H,21H2,1H3. The first-order valence-electron chi connectivity index (χ1n) is 8.18. The van der Waals surface area contributed by atoms with Crippen LogP contribution in [0.1, 0.15) is 20.1 Å². The maximum absolute atomic E-state index is 11.7. The fourth-order valence-electron chi connectivity index (χ4n) is 2.79. The van der Waals surface area contributed by atoms with Gasteiger partial charge in [-0.05, 0) is 24.3 Å². The van der Waals surface area contributed by atoms with Crippen LogP contribution in [0, 0.1) is 5.41 Å². The fraction of sp³-hybridized carbons (Fsp3) is 0.0526. The van der Waals surface area contributed by atoms with Crippen LogP contribution in [0.3, 0.4) is 0 Å². The normalized spacial score (nSPS) is 12.0. The SMILES string of the molecule is COC(=O)c1ccc(C(N)=C(C=N)c2ccc3ncc(-c4nccs4)n3c2)s1. The quantitative estimate of drug-likeness (QED) is 0.385. The summed E-state index contributed by atoms with van der Waals surface area (Å²) < 4.78 is 6.67. The minimum Gasteiger partial charge on any atom is -0.465 e. The molecule has 0 spiro atoms. The Balaban J connectivity index is 1.81. The molecule has 4 heterocycles. The minimum atomic E-state index is -0.409. The largest absolute Gasteiger partial charge is 0.465 e. The number of allylic oxidation sites excluding steroid dienone is 1. The van der Waals surface area contributed by atoms with E-state index in [2.05, 4.69) is 9.97 Å². The van der Waals surface area contributed by atoms with E-state index in [0.717, 1.165) is 21.9 Å². The number of methoxy groups -OCH3 is 1. The van der Waals surface area contributed by atoms with E-state index in [9.17, 15) is 4.79 Å². The van der Waals surface area contributed by atoms with Crippen LogP contribution in [0.25, 0.3) is 27.6 Å². The highest BCUT2D eigenvalue weighted by Crippen LogP contribution is 2.29. The third kappa shape index (κ3) is 3.10. The molecule has 0 saturated heterocycles.